The fourth-order valence-electron chi connectivity index (χ4n) is 2.64. The van der Waals surface area contributed by atoms with Crippen LogP contribution in [0.5, 0.6) is 5.75 Å². The lowest BCUT2D eigenvalue weighted by atomic mass is 9.84. The lowest BCUT2D eigenvalue weighted by Crippen LogP contribution is -2.33. The fourth-order valence-corrected chi connectivity index (χ4v) is 2.64. The maximum Gasteiger partial charge on any atom is 0.416 e. The first-order chi connectivity index (χ1) is 10.1. The van der Waals surface area contributed by atoms with Crippen LogP contribution in [0.4, 0.5) is 13.2 Å². The minimum Gasteiger partial charge on any atom is -0.490 e. The van der Waals surface area contributed by atoms with E-state index in [2.05, 4.69) is 0 Å². The second-order valence-corrected chi connectivity index (χ2v) is 5.78. The topological polar surface area (TPSA) is 43.4 Å². The predicted molar refractivity (Wildman–Crippen MR) is 73.6 cm³/mol. The second-order valence-electron chi connectivity index (χ2n) is 5.78. The first-order valence-corrected chi connectivity index (χ1v) is 7.04. The van der Waals surface area contributed by atoms with Gasteiger partial charge in [-0.2, -0.15) is 13.2 Å². The predicted octanol–water partition coefficient (Wildman–Crippen LogP) is 3.72. The van der Waals surface area contributed by atoms with Gasteiger partial charge in [0.1, 0.15) is 17.3 Å². The maximum absolute atomic E-state index is 12.8. The van der Waals surface area contributed by atoms with Gasteiger partial charge in [-0.25, -0.2) is 0 Å². The number of ketones is 2. The monoisotopic (exact) mass is 314 g/mol. The third-order valence-corrected chi connectivity index (χ3v) is 3.74. The van der Waals surface area contributed by atoms with Gasteiger partial charge in [0, 0.05) is 18.8 Å². The Morgan fingerprint density at radius 2 is 1.73 bits per heavy atom. The van der Waals surface area contributed by atoms with Crippen molar-refractivity contribution in [1.82, 2.24) is 0 Å². The summed E-state index contributed by atoms with van der Waals surface area (Å²) in [5, 5.41) is 0. The Morgan fingerprint density at radius 1 is 1.14 bits per heavy atom. The third kappa shape index (κ3) is 4.08. The highest BCUT2D eigenvalue weighted by atomic mass is 19.4. The first kappa shape index (κ1) is 16.5. The molecule has 1 aliphatic rings. The standard InChI is InChI=1S/C16H17F3O3/c1-9-3-12(16(17,18)19)7-15(4-9)22-10(2)11-5-13(20)8-14(21)6-11/h3-4,7,10-11H,5-6,8H2,1-2H3/t10-/m0/s1. The number of Topliss-reactive ketones (excluding diaryl/α,β-unsaturated/α-hetero) is 2. The minimum atomic E-state index is -4.44. The highest BCUT2D eigenvalue weighted by Gasteiger charge is 2.33. The quantitative estimate of drug-likeness (QED) is 0.799. The van der Waals surface area contributed by atoms with E-state index in [-0.39, 0.29) is 42.5 Å². The normalized spacial score (nSPS) is 18.4. The molecule has 2 rings (SSSR count). The van der Waals surface area contributed by atoms with Gasteiger partial charge in [-0.1, -0.05) is 0 Å². The Hall–Kier alpha value is -1.85. The lowest BCUT2D eigenvalue weighted by Gasteiger charge is -2.27. The van der Waals surface area contributed by atoms with Crippen molar-refractivity contribution in [3.63, 3.8) is 0 Å². The van der Waals surface area contributed by atoms with Crippen LogP contribution in [-0.2, 0) is 15.8 Å². The summed E-state index contributed by atoms with van der Waals surface area (Å²) in [6.45, 7) is 3.23. The van der Waals surface area contributed by atoms with Crippen LogP contribution in [0.2, 0.25) is 0 Å². The van der Waals surface area contributed by atoms with E-state index in [1.54, 1.807) is 13.8 Å². The van der Waals surface area contributed by atoms with Crippen LogP contribution in [0.1, 0.15) is 37.3 Å². The molecular weight excluding hydrogens is 297 g/mol. The average Bonchev–Trinajstić information content (AvgIpc) is 2.35. The molecule has 1 aliphatic carbocycles. The van der Waals surface area contributed by atoms with Crippen LogP contribution in [0.15, 0.2) is 18.2 Å². The summed E-state index contributed by atoms with van der Waals surface area (Å²) in [5.41, 5.74) is -0.335. The molecule has 0 N–H and O–H groups in total. The van der Waals surface area contributed by atoms with Gasteiger partial charge in [-0.3, -0.25) is 9.59 Å². The highest BCUT2D eigenvalue weighted by Crippen LogP contribution is 2.33. The molecule has 0 radical (unpaired) electrons. The second kappa shape index (κ2) is 6.10. The molecule has 3 nitrogen and oxygen atoms in total. The van der Waals surface area contributed by atoms with Crippen LogP contribution in [0.3, 0.4) is 0 Å². The molecule has 0 aromatic heterocycles. The van der Waals surface area contributed by atoms with E-state index in [9.17, 15) is 22.8 Å². The lowest BCUT2D eigenvalue weighted by molar-refractivity contribution is -0.137. The molecule has 0 aliphatic heterocycles. The summed E-state index contributed by atoms with van der Waals surface area (Å²) in [6.07, 6.45) is -4.54. The van der Waals surface area contributed by atoms with E-state index in [0.717, 1.165) is 12.1 Å². The molecule has 1 fully saturated rings. The van der Waals surface area contributed by atoms with Crippen LogP contribution >= 0.6 is 0 Å². The first-order valence-electron chi connectivity index (χ1n) is 7.04. The molecule has 6 heteroatoms. The fraction of sp³-hybridized carbons (Fsp3) is 0.500. The van der Waals surface area contributed by atoms with E-state index in [4.69, 9.17) is 4.74 Å². The number of hydrogen-bond acceptors (Lipinski definition) is 3. The molecule has 120 valence electrons. The average molecular weight is 314 g/mol. The van der Waals surface area contributed by atoms with Gasteiger partial charge in [0.25, 0.3) is 0 Å². The van der Waals surface area contributed by atoms with Crippen LogP contribution < -0.4 is 4.74 Å². The number of carbonyl (C=O) groups excluding carboxylic acids is 2. The Labute approximate surface area is 126 Å². The van der Waals surface area contributed by atoms with Gasteiger partial charge < -0.3 is 4.74 Å². The SMILES string of the molecule is Cc1cc(O[C@@H](C)C2CC(=O)CC(=O)C2)cc(C(F)(F)F)c1. The highest BCUT2D eigenvalue weighted by molar-refractivity contribution is 6.01. The van der Waals surface area contributed by atoms with Crippen molar-refractivity contribution >= 4 is 11.6 Å². The van der Waals surface area contributed by atoms with Gasteiger partial charge in [0.2, 0.25) is 0 Å². The van der Waals surface area contributed by atoms with Gasteiger partial charge in [0.05, 0.1) is 18.1 Å². The molecule has 0 bridgehead atoms. The third-order valence-electron chi connectivity index (χ3n) is 3.74. The van der Waals surface area contributed by atoms with Gasteiger partial charge in [-0.15, -0.1) is 0 Å². The van der Waals surface area contributed by atoms with Crippen molar-refractivity contribution in [2.45, 2.75) is 45.4 Å². The van der Waals surface area contributed by atoms with Crippen LogP contribution in [-0.4, -0.2) is 17.7 Å². The number of carbonyl (C=O) groups is 2. The maximum atomic E-state index is 12.8. The van der Waals surface area contributed by atoms with E-state index in [1.807, 2.05) is 0 Å². The number of aryl methyl sites for hydroxylation is 1. The van der Waals surface area contributed by atoms with E-state index in [0.29, 0.717) is 5.56 Å². The molecule has 0 spiro atoms. The number of ether oxygens (including phenoxy) is 1. The largest absolute Gasteiger partial charge is 0.490 e. The zero-order chi connectivity index (χ0) is 16.5. The van der Waals surface area contributed by atoms with Gasteiger partial charge in [-0.05, 0) is 37.6 Å². The minimum absolute atomic E-state index is 0.0497. The van der Waals surface area contributed by atoms with E-state index in [1.165, 1.54) is 6.07 Å². The summed E-state index contributed by atoms with van der Waals surface area (Å²) >= 11 is 0. The number of benzene rings is 1. The zero-order valence-electron chi connectivity index (χ0n) is 12.4. The summed E-state index contributed by atoms with van der Waals surface area (Å²) < 4.78 is 44.0. The van der Waals surface area contributed by atoms with Crippen molar-refractivity contribution in [2.24, 2.45) is 5.92 Å². The van der Waals surface area contributed by atoms with Crippen LogP contribution in [0.25, 0.3) is 0 Å². The summed E-state index contributed by atoms with van der Waals surface area (Å²) in [4.78, 5) is 22.9. The molecule has 0 amide bonds. The van der Waals surface area contributed by atoms with Crippen molar-refractivity contribution in [2.75, 3.05) is 0 Å². The molecule has 1 aromatic rings. The Bertz CT molecular complexity index is 577. The Balaban J connectivity index is 2.14. The summed E-state index contributed by atoms with van der Waals surface area (Å²) in [6, 6.07) is 3.50. The molecule has 0 saturated heterocycles. The summed E-state index contributed by atoms with van der Waals surface area (Å²) in [7, 11) is 0. The molecule has 22 heavy (non-hydrogen) atoms. The molecule has 1 saturated carbocycles. The van der Waals surface area contributed by atoms with Gasteiger partial charge >= 0.3 is 6.18 Å². The van der Waals surface area contributed by atoms with Crippen molar-refractivity contribution < 1.29 is 27.5 Å². The molecule has 1 atom stereocenters. The smallest absolute Gasteiger partial charge is 0.416 e. The zero-order valence-corrected chi connectivity index (χ0v) is 12.4. The van der Waals surface area contributed by atoms with E-state index >= 15 is 0 Å². The molecular formula is C16H17F3O3. The molecule has 0 heterocycles. The number of halogens is 3. The number of hydrogen-bond donors (Lipinski definition) is 0. The van der Waals surface area contributed by atoms with Crippen molar-refractivity contribution in [1.29, 1.82) is 0 Å². The van der Waals surface area contributed by atoms with Crippen molar-refractivity contribution in [3.8, 4) is 5.75 Å². The number of alkyl halides is 3. The van der Waals surface area contributed by atoms with Crippen molar-refractivity contribution in [3.05, 3.63) is 29.3 Å². The molecule has 0 unspecified atom stereocenters. The number of rotatable bonds is 3. The van der Waals surface area contributed by atoms with E-state index < -0.39 is 17.8 Å². The summed E-state index contributed by atoms with van der Waals surface area (Å²) in [5.74, 6) is -0.470. The molecule has 1 aromatic carbocycles. The Morgan fingerprint density at radius 3 is 2.27 bits per heavy atom. The van der Waals surface area contributed by atoms with Gasteiger partial charge in [0.15, 0.2) is 0 Å². The Kier molecular flexibility index (Phi) is 4.58. The van der Waals surface area contributed by atoms with Crippen LogP contribution in [0, 0.1) is 12.8 Å².